The highest BCUT2D eigenvalue weighted by atomic mass is 16.1. The third-order valence-corrected chi connectivity index (χ3v) is 2.87. The van der Waals surface area contributed by atoms with Gasteiger partial charge in [0.05, 0.1) is 17.5 Å². The molecule has 2 aromatic rings. The summed E-state index contributed by atoms with van der Waals surface area (Å²) in [6.45, 7) is 3.07. The molecule has 0 aliphatic carbocycles. The molecule has 0 atom stereocenters. The fraction of sp³-hybridized carbons (Fsp3) is 0.231. The van der Waals surface area contributed by atoms with Crippen LogP contribution in [0, 0.1) is 0 Å². The Kier molecular flexibility index (Phi) is 3.23. The molecule has 2 rings (SSSR count). The van der Waals surface area contributed by atoms with Crippen molar-refractivity contribution < 1.29 is 4.79 Å². The predicted molar refractivity (Wildman–Crippen MR) is 68.4 cm³/mol. The van der Waals surface area contributed by atoms with Gasteiger partial charge in [-0.25, -0.2) is 0 Å². The minimum absolute atomic E-state index is 0.585. The number of anilines is 1. The smallest absolute Gasteiger partial charge is 0.153 e. The first-order valence-electron chi connectivity index (χ1n) is 5.56. The van der Waals surface area contributed by atoms with E-state index in [4.69, 9.17) is 0 Å². The van der Waals surface area contributed by atoms with E-state index < -0.39 is 0 Å². The molecule has 0 aliphatic rings. The zero-order chi connectivity index (χ0) is 12.3. The van der Waals surface area contributed by atoms with Gasteiger partial charge in [-0.05, 0) is 19.1 Å². The maximum Gasteiger partial charge on any atom is 0.153 e. The lowest BCUT2D eigenvalue weighted by molar-refractivity contribution is 0.112. The Balaban J connectivity index is 2.32. The zero-order valence-corrected chi connectivity index (χ0v) is 9.97. The van der Waals surface area contributed by atoms with Crippen molar-refractivity contribution in [2.45, 2.75) is 6.92 Å². The van der Waals surface area contributed by atoms with Crippen molar-refractivity contribution in [3.05, 3.63) is 36.0 Å². The Labute approximate surface area is 100 Å². The quantitative estimate of drug-likeness (QED) is 0.819. The van der Waals surface area contributed by atoms with Crippen molar-refractivity contribution in [2.75, 3.05) is 18.5 Å². The number of benzene rings is 1. The topological polar surface area (TPSA) is 49.0 Å². The molecule has 1 aromatic carbocycles. The second-order valence-electron chi connectivity index (χ2n) is 3.88. The average molecular weight is 229 g/mol. The first-order valence-corrected chi connectivity index (χ1v) is 5.56. The Morgan fingerprint density at radius 1 is 1.35 bits per heavy atom. The fourth-order valence-corrected chi connectivity index (χ4v) is 1.68. The highest BCUT2D eigenvalue weighted by Crippen LogP contribution is 2.22. The number of nitrogens with one attached hydrogen (secondary N) is 1. The van der Waals surface area contributed by atoms with E-state index in [0.29, 0.717) is 5.56 Å². The van der Waals surface area contributed by atoms with Gasteiger partial charge in [0.15, 0.2) is 6.29 Å². The third kappa shape index (κ3) is 2.20. The summed E-state index contributed by atoms with van der Waals surface area (Å²) in [4.78, 5) is 13.0. The van der Waals surface area contributed by atoms with Crippen LogP contribution in [-0.4, -0.2) is 30.1 Å². The standard InChI is InChI=1S/C13H15N3O/c1-3-16(2)12-6-4-10(5-7-12)13-11(9-17)8-14-15-13/h4-9H,3H2,1-2H3,(H,14,15). The summed E-state index contributed by atoms with van der Waals surface area (Å²) in [5, 5.41) is 6.72. The van der Waals surface area contributed by atoms with E-state index in [-0.39, 0.29) is 0 Å². The maximum absolute atomic E-state index is 10.8. The van der Waals surface area contributed by atoms with Gasteiger partial charge in [-0.3, -0.25) is 9.89 Å². The van der Waals surface area contributed by atoms with Crippen molar-refractivity contribution in [1.29, 1.82) is 0 Å². The van der Waals surface area contributed by atoms with Crippen LogP contribution in [-0.2, 0) is 0 Å². The molecule has 17 heavy (non-hydrogen) atoms. The summed E-state index contributed by atoms with van der Waals surface area (Å²) in [5.41, 5.74) is 3.48. The van der Waals surface area contributed by atoms with Gasteiger partial charge < -0.3 is 4.90 Å². The van der Waals surface area contributed by atoms with E-state index in [0.717, 1.165) is 29.8 Å². The molecule has 1 aromatic heterocycles. The lowest BCUT2D eigenvalue weighted by Crippen LogP contribution is -2.15. The van der Waals surface area contributed by atoms with Gasteiger partial charge in [-0.2, -0.15) is 5.10 Å². The molecule has 0 bridgehead atoms. The summed E-state index contributed by atoms with van der Waals surface area (Å²) >= 11 is 0. The molecule has 0 radical (unpaired) electrons. The molecule has 0 aliphatic heterocycles. The number of carbonyl (C=O) groups excluding carboxylic acids is 1. The van der Waals surface area contributed by atoms with Crippen LogP contribution in [0.2, 0.25) is 0 Å². The molecule has 0 saturated carbocycles. The number of aldehydes is 1. The molecule has 4 nitrogen and oxygen atoms in total. The molecule has 88 valence electrons. The molecular formula is C13H15N3O. The van der Waals surface area contributed by atoms with Crippen LogP contribution in [0.5, 0.6) is 0 Å². The van der Waals surface area contributed by atoms with Crippen LogP contribution in [0.4, 0.5) is 5.69 Å². The number of hydrogen-bond donors (Lipinski definition) is 1. The predicted octanol–water partition coefficient (Wildman–Crippen LogP) is 2.35. The molecule has 0 unspecified atom stereocenters. The molecule has 4 heteroatoms. The number of aromatic amines is 1. The van der Waals surface area contributed by atoms with Gasteiger partial charge in [-0.1, -0.05) is 12.1 Å². The highest BCUT2D eigenvalue weighted by Gasteiger charge is 2.07. The lowest BCUT2D eigenvalue weighted by atomic mass is 10.1. The summed E-state index contributed by atoms with van der Waals surface area (Å²) in [7, 11) is 2.04. The number of rotatable bonds is 4. The van der Waals surface area contributed by atoms with Crippen molar-refractivity contribution in [1.82, 2.24) is 10.2 Å². The average Bonchev–Trinajstić information content (AvgIpc) is 2.86. The Bertz CT molecular complexity index is 502. The first-order chi connectivity index (χ1) is 8.26. The van der Waals surface area contributed by atoms with E-state index >= 15 is 0 Å². The molecule has 0 amide bonds. The van der Waals surface area contributed by atoms with E-state index in [1.165, 1.54) is 6.20 Å². The monoisotopic (exact) mass is 229 g/mol. The van der Waals surface area contributed by atoms with Crippen molar-refractivity contribution in [3.8, 4) is 11.3 Å². The van der Waals surface area contributed by atoms with E-state index in [2.05, 4.69) is 22.0 Å². The fourth-order valence-electron chi connectivity index (χ4n) is 1.68. The molecule has 0 fully saturated rings. The maximum atomic E-state index is 10.8. The van der Waals surface area contributed by atoms with Crippen molar-refractivity contribution in [3.63, 3.8) is 0 Å². The second-order valence-corrected chi connectivity index (χ2v) is 3.88. The normalized spacial score (nSPS) is 10.2. The molecule has 1 N–H and O–H groups in total. The first kappa shape index (κ1) is 11.4. The zero-order valence-electron chi connectivity index (χ0n) is 9.97. The summed E-state index contributed by atoms with van der Waals surface area (Å²) in [6, 6.07) is 8.05. The number of hydrogen-bond acceptors (Lipinski definition) is 3. The number of H-pyrrole nitrogens is 1. The number of carbonyl (C=O) groups is 1. The summed E-state index contributed by atoms with van der Waals surface area (Å²) in [5.74, 6) is 0. The molecule has 0 saturated heterocycles. The molecular weight excluding hydrogens is 214 g/mol. The van der Waals surface area contributed by atoms with Crippen LogP contribution in [0.25, 0.3) is 11.3 Å². The van der Waals surface area contributed by atoms with Gasteiger partial charge in [0.1, 0.15) is 0 Å². The van der Waals surface area contributed by atoms with Gasteiger partial charge in [0, 0.05) is 24.8 Å². The Morgan fingerprint density at radius 3 is 2.65 bits per heavy atom. The Hall–Kier alpha value is -2.10. The van der Waals surface area contributed by atoms with Crippen molar-refractivity contribution in [2.24, 2.45) is 0 Å². The van der Waals surface area contributed by atoms with E-state index in [9.17, 15) is 4.79 Å². The third-order valence-electron chi connectivity index (χ3n) is 2.87. The SMILES string of the molecule is CCN(C)c1ccc(-c2[nH]ncc2C=O)cc1. The van der Waals surface area contributed by atoms with Crippen LogP contribution in [0.15, 0.2) is 30.5 Å². The second kappa shape index (κ2) is 4.82. The van der Waals surface area contributed by atoms with E-state index in [1.807, 2.05) is 31.3 Å². The highest BCUT2D eigenvalue weighted by molar-refractivity contribution is 5.85. The summed E-state index contributed by atoms with van der Waals surface area (Å²) < 4.78 is 0. The minimum atomic E-state index is 0.585. The number of aromatic nitrogens is 2. The van der Waals surface area contributed by atoms with Gasteiger partial charge in [0.25, 0.3) is 0 Å². The molecule has 1 heterocycles. The number of nitrogens with zero attached hydrogens (tertiary/aromatic N) is 2. The largest absolute Gasteiger partial charge is 0.375 e. The Morgan fingerprint density at radius 2 is 2.06 bits per heavy atom. The van der Waals surface area contributed by atoms with E-state index in [1.54, 1.807) is 0 Å². The minimum Gasteiger partial charge on any atom is -0.375 e. The van der Waals surface area contributed by atoms with Gasteiger partial charge in [-0.15, -0.1) is 0 Å². The van der Waals surface area contributed by atoms with Crippen LogP contribution >= 0.6 is 0 Å². The lowest BCUT2D eigenvalue weighted by Gasteiger charge is -2.16. The summed E-state index contributed by atoms with van der Waals surface area (Å²) in [6.07, 6.45) is 2.35. The van der Waals surface area contributed by atoms with Gasteiger partial charge in [0.2, 0.25) is 0 Å². The van der Waals surface area contributed by atoms with Crippen LogP contribution in [0.1, 0.15) is 17.3 Å². The van der Waals surface area contributed by atoms with Crippen LogP contribution < -0.4 is 4.90 Å². The molecule has 0 spiro atoms. The van der Waals surface area contributed by atoms with Gasteiger partial charge >= 0.3 is 0 Å². The van der Waals surface area contributed by atoms with Crippen LogP contribution in [0.3, 0.4) is 0 Å². The van der Waals surface area contributed by atoms with Crippen molar-refractivity contribution >= 4 is 12.0 Å².